The van der Waals surface area contributed by atoms with E-state index in [1.807, 2.05) is 25.1 Å². The average molecular weight is 239 g/mol. The first-order valence-corrected chi connectivity index (χ1v) is 5.59. The molecule has 0 unspecified atom stereocenters. The maximum atomic E-state index is 10.7. The summed E-state index contributed by atoms with van der Waals surface area (Å²) in [4.78, 5) is 14.8. The molecule has 1 aromatic heterocycles. The molecule has 0 aliphatic carbocycles. The van der Waals surface area contributed by atoms with Crippen molar-refractivity contribution in [1.29, 1.82) is 0 Å². The van der Waals surface area contributed by atoms with Gasteiger partial charge in [0.05, 0.1) is 5.56 Å². The Morgan fingerprint density at radius 2 is 1.89 bits per heavy atom. The first-order chi connectivity index (χ1) is 8.66. The number of hydrogen-bond acceptors (Lipinski definition) is 2. The van der Waals surface area contributed by atoms with Crippen LogP contribution in [0.5, 0.6) is 0 Å². The number of aromatic carboxylic acids is 1. The van der Waals surface area contributed by atoms with Crippen molar-refractivity contribution in [3.05, 3.63) is 65.5 Å². The second kappa shape index (κ2) is 5.27. The Hall–Kier alpha value is -2.42. The highest BCUT2D eigenvalue weighted by Gasteiger charge is 2.01. The quantitative estimate of drug-likeness (QED) is 0.893. The molecule has 2 rings (SSSR count). The maximum absolute atomic E-state index is 10.7. The Morgan fingerprint density at radius 3 is 2.44 bits per heavy atom. The van der Waals surface area contributed by atoms with Crippen LogP contribution in [0.2, 0.25) is 0 Å². The second-order valence-electron chi connectivity index (χ2n) is 4.00. The highest BCUT2D eigenvalue weighted by atomic mass is 16.4. The molecule has 0 bridgehead atoms. The number of hydrogen-bond donors (Lipinski definition) is 1. The number of carboxylic acids is 1. The predicted molar refractivity (Wildman–Crippen MR) is 71.2 cm³/mol. The Bertz CT molecular complexity index is 571. The molecule has 0 aliphatic rings. The van der Waals surface area contributed by atoms with Gasteiger partial charge < -0.3 is 5.11 Å². The molecule has 3 heteroatoms. The molecular weight excluding hydrogens is 226 g/mol. The van der Waals surface area contributed by atoms with Crippen LogP contribution in [0.4, 0.5) is 0 Å². The van der Waals surface area contributed by atoms with E-state index in [1.165, 1.54) is 0 Å². The summed E-state index contributed by atoms with van der Waals surface area (Å²) < 4.78 is 0. The van der Waals surface area contributed by atoms with E-state index in [0.717, 1.165) is 16.7 Å². The summed E-state index contributed by atoms with van der Waals surface area (Å²) in [5, 5.41) is 8.81. The molecule has 2 aromatic rings. The monoisotopic (exact) mass is 239 g/mol. The number of carbonyl (C=O) groups is 1. The van der Waals surface area contributed by atoms with E-state index in [4.69, 9.17) is 5.11 Å². The van der Waals surface area contributed by atoms with Gasteiger partial charge in [0.15, 0.2) is 0 Å². The van der Waals surface area contributed by atoms with Crippen molar-refractivity contribution in [2.24, 2.45) is 0 Å². The minimum absolute atomic E-state index is 0.297. The number of pyridine rings is 1. The maximum Gasteiger partial charge on any atom is 0.335 e. The summed E-state index contributed by atoms with van der Waals surface area (Å²) in [5.74, 6) is -0.908. The van der Waals surface area contributed by atoms with E-state index in [9.17, 15) is 4.79 Å². The van der Waals surface area contributed by atoms with Gasteiger partial charge in [0.1, 0.15) is 0 Å². The molecule has 18 heavy (non-hydrogen) atoms. The van der Waals surface area contributed by atoms with Crippen molar-refractivity contribution < 1.29 is 9.90 Å². The number of rotatable bonds is 3. The van der Waals surface area contributed by atoms with Crippen LogP contribution in [0.3, 0.4) is 0 Å². The van der Waals surface area contributed by atoms with E-state index >= 15 is 0 Å². The zero-order valence-electron chi connectivity index (χ0n) is 10.00. The van der Waals surface area contributed by atoms with Gasteiger partial charge in [-0.3, -0.25) is 4.98 Å². The molecular formula is C15H13NO2. The van der Waals surface area contributed by atoms with Crippen molar-refractivity contribution in [1.82, 2.24) is 4.98 Å². The normalized spacial score (nSPS) is 11.3. The van der Waals surface area contributed by atoms with Crippen LogP contribution in [-0.2, 0) is 0 Å². The smallest absolute Gasteiger partial charge is 0.335 e. The van der Waals surface area contributed by atoms with Crippen LogP contribution in [0.1, 0.15) is 28.4 Å². The van der Waals surface area contributed by atoms with Crippen LogP contribution < -0.4 is 0 Å². The van der Waals surface area contributed by atoms with E-state index < -0.39 is 5.97 Å². The number of nitrogens with zero attached hydrogens (tertiary/aromatic N) is 1. The zero-order chi connectivity index (χ0) is 13.0. The third-order valence-corrected chi connectivity index (χ3v) is 2.66. The van der Waals surface area contributed by atoms with Gasteiger partial charge in [-0.25, -0.2) is 4.79 Å². The fraction of sp³-hybridized carbons (Fsp3) is 0.0667. The Balaban J connectivity index is 2.25. The number of aromatic nitrogens is 1. The van der Waals surface area contributed by atoms with Crippen molar-refractivity contribution in [3.8, 4) is 0 Å². The van der Waals surface area contributed by atoms with Gasteiger partial charge >= 0.3 is 5.97 Å². The molecule has 0 radical (unpaired) electrons. The molecule has 1 N–H and O–H groups in total. The van der Waals surface area contributed by atoms with Gasteiger partial charge in [-0.1, -0.05) is 24.3 Å². The summed E-state index contributed by atoms with van der Waals surface area (Å²) in [6.07, 6.45) is 5.54. The highest BCUT2D eigenvalue weighted by molar-refractivity contribution is 5.88. The number of allylic oxidation sites excluding steroid dienone is 1. The largest absolute Gasteiger partial charge is 0.478 e. The molecule has 0 atom stereocenters. The van der Waals surface area contributed by atoms with Gasteiger partial charge in [-0.15, -0.1) is 0 Å². The van der Waals surface area contributed by atoms with Crippen LogP contribution >= 0.6 is 0 Å². The first-order valence-electron chi connectivity index (χ1n) is 5.59. The lowest BCUT2D eigenvalue weighted by molar-refractivity contribution is 0.0697. The van der Waals surface area contributed by atoms with Gasteiger partial charge in [-0.2, -0.15) is 0 Å². The van der Waals surface area contributed by atoms with Crippen LogP contribution in [0.25, 0.3) is 11.6 Å². The molecule has 0 saturated carbocycles. The lowest BCUT2D eigenvalue weighted by atomic mass is 10.1. The van der Waals surface area contributed by atoms with Gasteiger partial charge in [0, 0.05) is 12.4 Å². The second-order valence-corrected chi connectivity index (χ2v) is 4.00. The Kier molecular flexibility index (Phi) is 3.53. The molecule has 0 saturated heterocycles. The van der Waals surface area contributed by atoms with Gasteiger partial charge in [0.25, 0.3) is 0 Å². The SMILES string of the molecule is C/C(=C\c1ccc(C(=O)O)cc1)c1cccnc1. The van der Waals surface area contributed by atoms with Crippen molar-refractivity contribution >= 4 is 17.6 Å². The summed E-state index contributed by atoms with van der Waals surface area (Å²) in [5.41, 5.74) is 3.42. The Morgan fingerprint density at radius 1 is 1.17 bits per heavy atom. The lowest BCUT2D eigenvalue weighted by Gasteiger charge is -2.01. The van der Waals surface area contributed by atoms with Gasteiger partial charge in [0.2, 0.25) is 0 Å². The fourth-order valence-electron chi connectivity index (χ4n) is 1.65. The lowest BCUT2D eigenvalue weighted by Crippen LogP contribution is -1.94. The molecule has 1 heterocycles. The minimum Gasteiger partial charge on any atom is -0.478 e. The molecule has 90 valence electrons. The van der Waals surface area contributed by atoms with E-state index in [-0.39, 0.29) is 0 Å². The number of benzene rings is 1. The summed E-state index contributed by atoms with van der Waals surface area (Å²) >= 11 is 0. The Labute approximate surface area is 105 Å². The van der Waals surface area contributed by atoms with E-state index in [1.54, 1.807) is 36.7 Å². The third-order valence-electron chi connectivity index (χ3n) is 2.66. The molecule has 0 spiro atoms. The van der Waals surface area contributed by atoms with Crippen molar-refractivity contribution in [2.45, 2.75) is 6.92 Å². The standard InChI is InChI=1S/C15H13NO2/c1-11(14-3-2-8-16-10-14)9-12-4-6-13(7-5-12)15(17)18/h2-10H,1H3,(H,17,18)/b11-9+. The number of carboxylic acid groups (broad SMARTS) is 1. The van der Waals surface area contributed by atoms with Crippen molar-refractivity contribution in [2.75, 3.05) is 0 Å². The summed E-state index contributed by atoms with van der Waals surface area (Å²) in [6.45, 7) is 2.00. The molecule has 3 nitrogen and oxygen atoms in total. The first kappa shape index (κ1) is 12.0. The topological polar surface area (TPSA) is 50.2 Å². The van der Waals surface area contributed by atoms with E-state index in [0.29, 0.717) is 5.56 Å². The van der Waals surface area contributed by atoms with Crippen LogP contribution in [0, 0.1) is 0 Å². The van der Waals surface area contributed by atoms with Crippen molar-refractivity contribution in [3.63, 3.8) is 0 Å². The highest BCUT2D eigenvalue weighted by Crippen LogP contribution is 2.16. The van der Waals surface area contributed by atoms with Crippen LogP contribution in [-0.4, -0.2) is 16.1 Å². The zero-order valence-corrected chi connectivity index (χ0v) is 10.00. The van der Waals surface area contributed by atoms with Gasteiger partial charge in [-0.05, 0) is 41.8 Å². The average Bonchev–Trinajstić information content (AvgIpc) is 2.40. The molecule has 0 amide bonds. The summed E-state index contributed by atoms with van der Waals surface area (Å²) in [7, 11) is 0. The molecule has 0 aliphatic heterocycles. The fourth-order valence-corrected chi connectivity index (χ4v) is 1.65. The molecule has 1 aromatic carbocycles. The molecule has 0 fully saturated rings. The minimum atomic E-state index is -0.908. The third kappa shape index (κ3) is 2.83. The summed E-state index contributed by atoms with van der Waals surface area (Å²) in [6, 6.07) is 10.7. The van der Waals surface area contributed by atoms with E-state index in [2.05, 4.69) is 4.98 Å². The predicted octanol–water partition coefficient (Wildman–Crippen LogP) is 3.34. The van der Waals surface area contributed by atoms with Crippen LogP contribution in [0.15, 0.2) is 48.8 Å².